The second-order valence-electron chi connectivity index (χ2n) is 7.41. The molecule has 0 atom stereocenters. The summed E-state index contributed by atoms with van der Waals surface area (Å²) in [4.78, 5) is 35.1. The number of hydrogen-bond acceptors (Lipinski definition) is 7. The van der Waals surface area contributed by atoms with Crippen LogP contribution in [0.1, 0.15) is 11.1 Å². The molecule has 31 heavy (non-hydrogen) atoms. The first kappa shape index (κ1) is 20.4. The van der Waals surface area contributed by atoms with E-state index in [1.807, 2.05) is 35.3 Å². The zero-order chi connectivity index (χ0) is 21.8. The number of nitrogen functional groups attached to an aromatic ring is 1. The van der Waals surface area contributed by atoms with Gasteiger partial charge in [0.05, 0.1) is 17.0 Å². The summed E-state index contributed by atoms with van der Waals surface area (Å²) in [6, 6.07) is 12.2. The molecule has 0 spiro atoms. The molecule has 0 saturated carbocycles. The molecule has 9 heteroatoms. The highest BCUT2D eigenvalue weighted by molar-refractivity contribution is 5.88. The number of nitro groups is 1. The minimum absolute atomic E-state index is 0.0706. The molecular formula is C22H22N6O3. The number of fused-ring (bicyclic) bond motifs is 1. The zero-order valence-electron chi connectivity index (χ0n) is 16.8. The average Bonchev–Trinajstić information content (AvgIpc) is 2.76. The molecule has 0 unspecified atom stereocenters. The number of carbonyl (C=O) groups excluding carboxylic acids is 1. The van der Waals surface area contributed by atoms with E-state index >= 15 is 0 Å². The van der Waals surface area contributed by atoms with E-state index in [0.717, 1.165) is 28.6 Å². The van der Waals surface area contributed by atoms with Crippen LogP contribution in [0.2, 0.25) is 0 Å². The lowest BCUT2D eigenvalue weighted by atomic mass is 10.1. The summed E-state index contributed by atoms with van der Waals surface area (Å²) in [5.41, 5.74) is 8.60. The summed E-state index contributed by atoms with van der Waals surface area (Å²) in [6.07, 6.45) is 5.32. The Balaban J connectivity index is 1.31. The predicted molar refractivity (Wildman–Crippen MR) is 118 cm³/mol. The molecule has 2 aromatic carbocycles. The third kappa shape index (κ3) is 4.84. The molecule has 0 aliphatic carbocycles. The Morgan fingerprint density at radius 3 is 2.68 bits per heavy atom. The lowest BCUT2D eigenvalue weighted by Gasteiger charge is -2.33. The normalized spacial score (nSPS) is 15.1. The quantitative estimate of drug-likeness (QED) is 0.482. The number of nitrogens with two attached hydrogens (primary N) is 1. The van der Waals surface area contributed by atoms with Crippen LogP contribution in [0.3, 0.4) is 0 Å². The molecule has 0 radical (unpaired) electrons. The maximum absolute atomic E-state index is 12.6. The van der Waals surface area contributed by atoms with E-state index in [0.29, 0.717) is 32.0 Å². The van der Waals surface area contributed by atoms with Gasteiger partial charge in [-0.05, 0) is 35.4 Å². The van der Waals surface area contributed by atoms with E-state index < -0.39 is 4.92 Å². The van der Waals surface area contributed by atoms with Crippen LogP contribution in [0.25, 0.3) is 17.0 Å². The molecule has 158 valence electrons. The smallest absolute Gasteiger partial charge is 0.269 e. The number of benzene rings is 2. The van der Waals surface area contributed by atoms with E-state index in [2.05, 4.69) is 14.9 Å². The van der Waals surface area contributed by atoms with Crippen LogP contribution in [0.5, 0.6) is 0 Å². The van der Waals surface area contributed by atoms with Crippen LogP contribution in [0.15, 0.2) is 54.9 Å². The monoisotopic (exact) mass is 418 g/mol. The van der Waals surface area contributed by atoms with Gasteiger partial charge >= 0.3 is 0 Å². The fraction of sp³-hybridized carbons (Fsp3) is 0.227. The van der Waals surface area contributed by atoms with Gasteiger partial charge in [-0.25, -0.2) is 9.97 Å². The van der Waals surface area contributed by atoms with Crippen LogP contribution in [-0.2, 0) is 11.3 Å². The van der Waals surface area contributed by atoms with Crippen molar-refractivity contribution in [1.82, 2.24) is 19.8 Å². The summed E-state index contributed by atoms with van der Waals surface area (Å²) in [5.74, 6) is 0.528. The molecule has 1 fully saturated rings. The minimum atomic E-state index is -0.417. The lowest BCUT2D eigenvalue weighted by molar-refractivity contribution is -0.384. The Morgan fingerprint density at radius 1 is 1.13 bits per heavy atom. The highest BCUT2D eigenvalue weighted by Gasteiger charge is 2.23. The van der Waals surface area contributed by atoms with Crippen molar-refractivity contribution in [2.45, 2.75) is 6.54 Å². The first-order chi connectivity index (χ1) is 15.0. The van der Waals surface area contributed by atoms with Crippen LogP contribution < -0.4 is 5.73 Å². The lowest BCUT2D eigenvalue weighted by Crippen LogP contribution is -2.49. The van der Waals surface area contributed by atoms with Gasteiger partial charge in [0.15, 0.2) is 0 Å². The SMILES string of the molecule is Nc1ncnc2cc(CN3CCN(CC=Cc4ccc([N+](=O)[O-])cc4)CC3=O)ccc12. The van der Waals surface area contributed by atoms with Gasteiger partial charge < -0.3 is 10.6 Å². The molecule has 1 aliphatic heterocycles. The molecule has 1 aromatic heterocycles. The Labute approximate surface area is 179 Å². The summed E-state index contributed by atoms with van der Waals surface area (Å²) in [5, 5.41) is 11.5. The van der Waals surface area contributed by atoms with Gasteiger partial charge in [0.1, 0.15) is 12.1 Å². The summed E-state index contributed by atoms with van der Waals surface area (Å²) >= 11 is 0. The number of carbonyl (C=O) groups is 1. The summed E-state index contributed by atoms with van der Waals surface area (Å²) in [6.45, 7) is 2.95. The number of anilines is 1. The van der Waals surface area contributed by atoms with E-state index in [4.69, 9.17) is 5.73 Å². The molecule has 9 nitrogen and oxygen atoms in total. The molecular weight excluding hydrogens is 396 g/mol. The van der Waals surface area contributed by atoms with E-state index in [-0.39, 0.29) is 11.6 Å². The minimum Gasteiger partial charge on any atom is -0.383 e. The fourth-order valence-electron chi connectivity index (χ4n) is 3.57. The Kier molecular flexibility index (Phi) is 5.85. The highest BCUT2D eigenvalue weighted by Crippen LogP contribution is 2.19. The van der Waals surface area contributed by atoms with Crippen molar-refractivity contribution in [3.63, 3.8) is 0 Å². The first-order valence-corrected chi connectivity index (χ1v) is 9.90. The maximum Gasteiger partial charge on any atom is 0.269 e. The number of rotatable bonds is 6. The van der Waals surface area contributed by atoms with Crippen molar-refractivity contribution in [2.24, 2.45) is 0 Å². The average molecular weight is 418 g/mol. The van der Waals surface area contributed by atoms with Gasteiger partial charge in [-0.1, -0.05) is 18.2 Å². The number of piperazine rings is 1. The summed E-state index contributed by atoms with van der Waals surface area (Å²) < 4.78 is 0. The molecule has 4 rings (SSSR count). The Bertz CT molecular complexity index is 1150. The Morgan fingerprint density at radius 2 is 1.94 bits per heavy atom. The molecule has 1 saturated heterocycles. The van der Waals surface area contributed by atoms with Crippen molar-refractivity contribution < 1.29 is 9.72 Å². The maximum atomic E-state index is 12.6. The third-order valence-electron chi connectivity index (χ3n) is 5.28. The van der Waals surface area contributed by atoms with Crippen LogP contribution in [0, 0.1) is 10.1 Å². The molecule has 3 aromatic rings. The van der Waals surface area contributed by atoms with Crippen molar-refractivity contribution >= 4 is 34.4 Å². The second-order valence-corrected chi connectivity index (χ2v) is 7.41. The van der Waals surface area contributed by atoms with E-state index in [1.165, 1.54) is 18.5 Å². The summed E-state index contributed by atoms with van der Waals surface area (Å²) in [7, 11) is 0. The van der Waals surface area contributed by atoms with Gasteiger partial charge in [0.25, 0.3) is 5.69 Å². The highest BCUT2D eigenvalue weighted by atomic mass is 16.6. The molecule has 1 aliphatic rings. The number of amides is 1. The van der Waals surface area contributed by atoms with Gasteiger partial charge in [0.2, 0.25) is 5.91 Å². The van der Waals surface area contributed by atoms with Gasteiger partial charge in [-0.3, -0.25) is 19.8 Å². The van der Waals surface area contributed by atoms with Gasteiger partial charge in [0, 0.05) is 43.7 Å². The second kappa shape index (κ2) is 8.88. The number of hydrogen-bond donors (Lipinski definition) is 1. The molecule has 1 amide bonds. The van der Waals surface area contributed by atoms with E-state index in [1.54, 1.807) is 12.1 Å². The zero-order valence-corrected chi connectivity index (χ0v) is 16.8. The molecule has 0 bridgehead atoms. The Hall–Kier alpha value is -3.85. The van der Waals surface area contributed by atoms with Gasteiger partial charge in [-0.15, -0.1) is 0 Å². The molecule has 2 heterocycles. The number of nitro benzene ring substituents is 1. The number of nitrogens with zero attached hydrogens (tertiary/aromatic N) is 5. The van der Waals surface area contributed by atoms with Crippen molar-refractivity contribution in [3.05, 3.63) is 76.1 Å². The topological polar surface area (TPSA) is 118 Å². The van der Waals surface area contributed by atoms with Crippen molar-refractivity contribution in [3.8, 4) is 0 Å². The number of aromatic nitrogens is 2. The fourth-order valence-corrected chi connectivity index (χ4v) is 3.57. The largest absolute Gasteiger partial charge is 0.383 e. The number of non-ortho nitro benzene ring substituents is 1. The van der Waals surface area contributed by atoms with Crippen LogP contribution in [0.4, 0.5) is 11.5 Å². The third-order valence-corrected chi connectivity index (χ3v) is 5.28. The van der Waals surface area contributed by atoms with Crippen LogP contribution >= 0.6 is 0 Å². The van der Waals surface area contributed by atoms with Crippen molar-refractivity contribution in [1.29, 1.82) is 0 Å². The standard InChI is InChI=1S/C22H22N6O3/c23-22-19-8-5-17(12-20(19)24-15-25-22)13-27-11-10-26(14-21(27)29)9-1-2-16-3-6-18(7-4-16)28(30)31/h1-8,12,15H,9-11,13-14H2,(H2,23,24,25). The van der Waals surface area contributed by atoms with Crippen LogP contribution in [-0.4, -0.2) is 56.8 Å². The van der Waals surface area contributed by atoms with Gasteiger partial charge in [-0.2, -0.15) is 0 Å². The first-order valence-electron chi connectivity index (χ1n) is 9.90. The molecule has 2 N–H and O–H groups in total. The predicted octanol–water partition coefficient (Wildman–Crippen LogP) is 2.48. The van der Waals surface area contributed by atoms with Crippen molar-refractivity contribution in [2.75, 3.05) is 31.9 Å². The van der Waals surface area contributed by atoms with E-state index in [9.17, 15) is 14.9 Å².